The third kappa shape index (κ3) is 3.47. The number of ketones is 1. The molecule has 0 radical (unpaired) electrons. The van der Waals surface area contributed by atoms with Gasteiger partial charge in [0.15, 0.2) is 5.65 Å². The van der Waals surface area contributed by atoms with Crippen LogP contribution in [-0.4, -0.2) is 20.4 Å². The number of aromatic nitrogens is 3. The Kier molecular flexibility index (Phi) is 4.19. The molecule has 0 aliphatic rings. The smallest absolute Gasteiger partial charge is 0.240 e. The predicted molar refractivity (Wildman–Crippen MR) is 102 cm³/mol. The molecule has 0 fully saturated rings. The van der Waals surface area contributed by atoms with Crippen LogP contribution in [0.2, 0.25) is 0 Å². The van der Waals surface area contributed by atoms with E-state index in [2.05, 4.69) is 10.1 Å². The number of nitrogens with zero attached hydrogens (tertiary/aromatic N) is 3. The van der Waals surface area contributed by atoms with Gasteiger partial charge in [-0.2, -0.15) is 4.98 Å². The summed E-state index contributed by atoms with van der Waals surface area (Å²) in [4.78, 5) is 16.4. The molecule has 0 aliphatic heterocycles. The molecule has 0 amide bonds. The summed E-state index contributed by atoms with van der Waals surface area (Å²) in [6.45, 7) is 0. The number of carbonyl (C=O) groups is 1. The van der Waals surface area contributed by atoms with Gasteiger partial charge in [0, 0.05) is 24.6 Å². The van der Waals surface area contributed by atoms with Crippen molar-refractivity contribution in [3.05, 3.63) is 84.1 Å². The molecule has 0 saturated heterocycles. The van der Waals surface area contributed by atoms with Gasteiger partial charge < -0.3 is 5.73 Å². The molecule has 4 rings (SSSR count). The Morgan fingerprint density at radius 2 is 1.50 bits per heavy atom. The summed E-state index contributed by atoms with van der Waals surface area (Å²) in [6.07, 6.45) is 2.80. The fourth-order valence-corrected chi connectivity index (χ4v) is 3.00. The zero-order chi connectivity index (χ0) is 17.9. The molecular weight excluding hydrogens is 324 g/mol. The Balaban J connectivity index is 1.48. The predicted octanol–water partition coefficient (Wildman–Crippen LogP) is 3.33. The molecule has 2 aromatic carbocycles. The Hall–Kier alpha value is -3.47. The van der Waals surface area contributed by atoms with E-state index in [9.17, 15) is 4.79 Å². The summed E-state index contributed by atoms with van der Waals surface area (Å²) < 4.78 is 1.67. The second-order valence-electron chi connectivity index (χ2n) is 6.27. The molecule has 0 atom stereocenters. The van der Waals surface area contributed by atoms with Gasteiger partial charge >= 0.3 is 0 Å². The van der Waals surface area contributed by atoms with E-state index in [1.807, 2.05) is 72.9 Å². The molecule has 4 aromatic rings. The van der Waals surface area contributed by atoms with Gasteiger partial charge in [0.25, 0.3) is 0 Å². The summed E-state index contributed by atoms with van der Waals surface area (Å²) in [5.74, 6) is 0.470. The van der Waals surface area contributed by atoms with Gasteiger partial charge in [-0.1, -0.05) is 54.6 Å². The summed E-state index contributed by atoms with van der Waals surface area (Å²) in [5.41, 5.74) is 10.5. The van der Waals surface area contributed by atoms with Crippen LogP contribution in [0.4, 0.5) is 5.95 Å². The minimum atomic E-state index is 0.212. The van der Waals surface area contributed by atoms with E-state index in [0.29, 0.717) is 12.8 Å². The number of anilines is 1. The summed E-state index contributed by atoms with van der Waals surface area (Å²) >= 11 is 0. The zero-order valence-electron chi connectivity index (χ0n) is 14.2. The number of hydrogen-bond acceptors (Lipinski definition) is 4. The first-order valence-electron chi connectivity index (χ1n) is 8.44. The monoisotopic (exact) mass is 342 g/mol. The second kappa shape index (κ2) is 6.80. The number of carbonyl (C=O) groups excluding carboxylic acids is 1. The maximum Gasteiger partial charge on any atom is 0.240 e. The highest BCUT2D eigenvalue weighted by molar-refractivity contribution is 5.83. The minimum Gasteiger partial charge on any atom is -0.366 e. The van der Waals surface area contributed by atoms with Crippen LogP contribution < -0.4 is 5.73 Å². The standard InChI is InChI=1S/C21H18N4O/c22-21-23-20-11-10-18(14-25(20)24-21)17-8-6-16(7-9-17)13-19(26)12-15-4-2-1-3-5-15/h1-11,14H,12-13H2,(H2,22,24). The topological polar surface area (TPSA) is 73.3 Å². The first-order valence-corrected chi connectivity index (χ1v) is 8.44. The van der Waals surface area contributed by atoms with Crippen molar-refractivity contribution in [1.29, 1.82) is 0 Å². The third-order valence-corrected chi connectivity index (χ3v) is 4.28. The highest BCUT2D eigenvalue weighted by Gasteiger charge is 2.07. The lowest BCUT2D eigenvalue weighted by Gasteiger charge is -2.05. The maximum absolute atomic E-state index is 12.3. The van der Waals surface area contributed by atoms with E-state index in [0.717, 1.165) is 27.9 Å². The Labute approximate surface area is 151 Å². The molecule has 5 nitrogen and oxygen atoms in total. The van der Waals surface area contributed by atoms with E-state index in [-0.39, 0.29) is 11.7 Å². The number of Topliss-reactive ketones (excluding diaryl/α,β-unsaturated/α-hetero) is 1. The zero-order valence-corrected chi connectivity index (χ0v) is 14.2. The van der Waals surface area contributed by atoms with Crippen molar-refractivity contribution in [1.82, 2.24) is 14.6 Å². The van der Waals surface area contributed by atoms with Crippen molar-refractivity contribution in [2.45, 2.75) is 12.8 Å². The van der Waals surface area contributed by atoms with E-state index in [4.69, 9.17) is 5.73 Å². The number of nitrogen functional groups attached to an aromatic ring is 1. The Morgan fingerprint density at radius 1 is 0.846 bits per heavy atom. The van der Waals surface area contributed by atoms with Gasteiger partial charge in [0.1, 0.15) is 5.78 Å². The quantitative estimate of drug-likeness (QED) is 0.604. The number of nitrogens with two attached hydrogens (primary N) is 1. The van der Waals surface area contributed by atoms with Crippen LogP contribution in [0, 0.1) is 0 Å². The maximum atomic E-state index is 12.3. The van der Waals surface area contributed by atoms with Crippen molar-refractivity contribution < 1.29 is 4.79 Å². The van der Waals surface area contributed by atoms with Gasteiger partial charge in [-0.15, -0.1) is 5.10 Å². The van der Waals surface area contributed by atoms with E-state index >= 15 is 0 Å². The molecule has 0 unspecified atom stereocenters. The molecule has 128 valence electrons. The second-order valence-corrected chi connectivity index (χ2v) is 6.27. The molecule has 5 heteroatoms. The van der Waals surface area contributed by atoms with E-state index in [1.54, 1.807) is 4.52 Å². The first-order chi connectivity index (χ1) is 12.7. The van der Waals surface area contributed by atoms with Crippen LogP contribution in [0.25, 0.3) is 16.8 Å². The molecule has 0 bridgehead atoms. The van der Waals surface area contributed by atoms with Crippen molar-refractivity contribution >= 4 is 17.4 Å². The molecule has 0 saturated carbocycles. The third-order valence-electron chi connectivity index (χ3n) is 4.28. The lowest BCUT2D eigenvalue weighted by Crippen LogP contribution is -2.06. The van der Waals surface area contributed by atoms with E-state index < -0.39 is 0 Å². The molecule has 0 aliphatic carbocycles. The fourth-order valence-electron chi connectivity index (χ4n) is 3.00. The molecule has 26 heavy (non-hydrogen) atoms. The van der Waals surface area contributed by atoms with Crippen molar-refractivity contribution in [2.75, 3.05) is 5.73 Å². The molecule has 0 spiro atoms. The lowest BCUT2D eigenvalue weighted by molar-refractivity contribution is -0.117. The first kappa shape index (κ1) is 16.0. The number of pyridine rings is 1. The van der Waals surface area contributed by atoms with Crippen LogP contribution in [-0.2, 0) is 17.6 Å². The Bertz CT molecular complexity index is 1050. The SMILES string of the molecule is Nc1nc2ccc(-c3ccc(CC(=O)Cc4ccccc4)cc3)cn2n1. The minimum absolute atomic E-state index is 0.212. The highest BCUT2D eigenvalue weighted by Crippen LogP contribution is 2.21. The van der Waals surface area contributed by atoms with Gasteiger partial charge in [0.05, 0.1) is 0 Å². The molecule has 2 aromatic heterocycles. The number of fused-ring (bicyclic) bond motifs is 1. The molecule has 2 heterocycles. The average Bonchev–Trinajstić information content (AvgIpc) is 3.02. The van der Waals surface area contributed by atoms with Gasteiger partial charge in [-0.25, -0.2) is 4.52 Å². The van der Waals surface area contributed by atoms with Crippen LogP contribution in [0.15, 0.2) is 72.9 Å². The lowest BCUT2D eigenvalue weighted by atomic mass is 10.0. The average molecular weight is 342 g/mol. The largest absolute Gasteiger partial charge is 0.366 e. The van der Waals surface area contributed by atoms with Crippen molar-refractivity contribution in [2.24, 2.45) is 0 Å². The highest BCUT2D eigenvalue weighted by atomic mass is 16.1. The van der Waals surface area contributed by atoms with Crippen LogP contribution in [0.3, 0.4) is 0 Å². The van der Waals surface area contributed by atoms with Gasteiger partial charge in [0.2, 0.25) is 5.95 Å². The summed E-state index contributed by atoms with van der Waals surface area (Å²) in [6, 6.07) is 21.7. The Morgan fingerprint density at radius 3 is 2.23 bits per heavy atom. The number of hydrogen-bond donors (Lipinski definition) is 1. The van der Waals surface area contributed by atoms with E-state index in [1.165, 1.54) is 0 Å². The van der Waals surface area contributed by atoms with Crippen LogP contribution in [0.5, 0.6) is 0 Å². The summed E-state index contributed by atoms with van der Waals surface area (Å²) in [5, 5.41) is 4.13. The normalized spacial score (nSPS) is 10.9. The van der Waals surface area contributed by atoms with Crippen LogP contribution >= 0.6 is 0 Å². The number of rotatable bonds is 5. The van der Waals surface area contributed by atoms with Gasteiger partial charge in [-0.05, 0) is 28.8 Å². The van der Waals surface area contributed by atoms with Crippen molar-refractivity contribution in [3.8, 4) is 11.1 Å². The molecule has 2 N–H and O–H groups in total. The van der Waals surface area contributed by atoms with Crippen LogP contribution in [0.1, 0.15) is 11.1 Å². The number of benzene rings is 2. The summed E-state index contributed by atoms with van der Waals surface area (Å²) in [7, 11) is 0. The molecular formula is C21H18N4O. The fraction of sp³-hybridized carbons (Fsp3) is 0.0952. The van der Waals surface area contributed by atoms with Crippen molar-refractivity contribution in [3.63, 3.8) is 0 Å². The van der Waals surface area contributed by atoms with Gasteiger partial charge in [-0.3, -0.25) is 4.79 Å².